The summed E-state index contributed by atoms with van der Waals surface area (Å²) in [6.07, 6.45) is 6.21. The fourth-order valence-electron chi connectivity index (χ4n) is 3.40. The predicted octanol–water partition coefficient (Wildman–Crippen LogP) is 4.75. The van der Waals surface area contributed by atoms with Crippen LogP contribution in [0.1, 0.15) is 31.2 Å². The van der Waals surface area contributed by atoms with Crippen molar-refractivity contribution in [2.24, 2.45) is 18.1 Å². The first-order valence-electron chi connectivity index (χ1n) is 10.7. The number of aliphatic hydroxyl groups is 1. The van der Waals surface area contributed by atoms with Crippen LogP contribution in [-0.2, 0) is 16.7 Å². The van der Waals surface area contributed by atoms with E-state index >= 15 is 4.39 Å². The highest BCUT2D eigenvalue weighted by atomic mass is 79.9. The zero-order valence-electron chi connectivity index (χ0n) is 18.8. The standard InChI is InChI=1S/C23H26BrF2N5O3/c1-15-5-8-31(9-6-15)21(33)13-34-28-12-20-23(27-14-30(20)2)22(26)19(7-10-32)29-18-4-3-16(24)11-17(18)25/h3-4,7,10-12,14-15,29,32H,5-6,8-9,13H2,1-2H3/b10-7+,22-19-,28-12+. The smallest absolute Gasteiger partial charge is 0.263 e. The summed E-state index contributed by atoms with van der Waals surface area (Å²) in [4.78, 5) is 23.2. The lowest BCUT2D eigenvalue weighted by Crippen LogP contribution is -2.39. The molecule has 0 atom stereocenters. The van der Waals surface area contributed by atoms with Crippen molar-refractivity contribution in [3.63, 3.8) is 0 Å². The lowest BCUT2D eigenvalue weighted by molar-refractivity contribution is -0.137. The Morgan fingerprint density at radius 2 is 2.15 bits per heavy atom. The molecule has 2 heterocycles. The van der Waals surface area contributed by atoms with E-state index in [2.05, 4.69) is 38.3 Å². The minimum atomic E-state index is -0.854. The second-order valence-corrected chi connectivity index (χ2v) is 8.87. The first-order chi connectivity index (χ1) is 16.3. The monoisotopic (exact) mass is 537 g/mol. The number of aromatic nitrogens is 2. The number of oxime groups is 1. The van der Waals surface area contributed by atoms with E-state index in [0.717, 1.165) is 18.9 Å². The number of hydrogen-bond donors (Lipinski definition) is 2. The minimum Gasteiger partial charge on any atom is -0.516 e. The Hall–Kier alpha value is -3.21. The molecule has 1 aliphatic rings. The molecule has 11 heteroatoms. The molecule has 1 fully saturated rings. The van der Waals surface area contributed by atoms with Gasteiger partial charge in [-0.15, -0.1) is 0 Å². The third-order valence-electron chi connectivity index (χ3n) is 5.44. The van der Waals surface area contributed by atoms with E-state index in [-0.39, 0.29) is 35.3 Å². The van der Waals surface area contributed by atoms with Gasteiger partial charge < -0.3 is 24.7 Å². The Bertz CT molecular complexity index is 1110. The first-order valence-corrected chi connectivity index (χ1v) is 11.5. The molecule has 0 unspecified atom stereocenters. The van der Waals surface area contributed by atoms with Crippen LogP contribution in [0.5, 0.6) is 0 Å². The van der Waals surface area contributed by atoms with Crippen LogP contribution < -0.4 is 5.32 Å². The maximum absolute atomic E-state index is 15.4. The zero-order valence-corrected chi connectivity index (χ0v) is 20.4. The topological polar surface area (TPSA) is 92.0 Å². The molecule has 1 saturated heterocycles. The van der Waals surface area contributed by atoms with Gasteiger partial charge in [0.25, 0.3) is 5.91 Å². The van der Waals surface area contributed by atoms with Gasteiger partial charge in [-0.05, 0) is 43.0 Å². The maximum Gasteiger partial charge on any atom is 0.263 e. The van der Waals surface area contributed by atoms with Gasteiger partial charge in [0.1, 0.15) is 11.5 Å². The average Bonchev–Trinajstić information content (AvgIpc) is 3.18. The number of carbonyl (C=O) groups is 1. The lowest BCUT2D eigenvalue weighted by Gasteiger charge is -2.29. The third kappa shape index (κ3) is 6.43. The summed E-state index contributed by atoms with van der Waals surface area (Å²) < 4.78 is 31.6. The molecule has 1 amide bonds. The molecule has 182 valence electrons. The zero-order chi connectivity index (χ0) is 24.7. The number of carbonyl (C=O) groups excluding carboxylic acids is 1. The van der Waals surface area contributed by atoms with Gasteiger partial charge in [-0.1, -0.05) is 28.0 Å². The molecule has 2 N–H and O–H groups in total. The number of piperidine rings is 1. The Morgan fingerprint density at radius 1 is 1.41 bits per heavy atom. The van der Waals surface area contributed by atoms with Gasteiger partial charge in [-0.3, -0.25) is 4.79 Å². The molecule has 0 saturated carbocycles. The summed E-state index contributed by atoms with van der Waals surface area (Å²) in [5, 5.41) is 15.6. The summed E-state index contributed by atoms with van der Waals surface area (Å²) in [7, 11) is 1.63. The number of hydrogen-bond acceptors (Lipinski definition) is 6. The Morgan fingerprint density at radius 3 is 2.82 bits per heavy atom. The number of aliphatic hydroxyl groups excluding tert-OH is 1. The van der Waals surface area contributed by atoms with E-state index in [4.69, 9.17) is 4.84 Å². The fraction of sp³-hybridized carbons (Fsp3) is 0.348. The number of likely N-dealkylation sites (tertiary alicyclic amines) is 1. The number of halogens is 3. The summed E-state index contributed by atoms with van der Waals surface area (Å²) in [5.41, 5.74) is -0.0676. The second-order valence-electron chi connectivity index (χ2n) is 7.95. The molecule has 1 aromatic heterocycles. The summed E-state index contributed by atoms with van der Waals surface area (Å²) in [5.74, 6) is -1.02. The van der Waals surface area contributed by atoms with Crippen LogP contribution in [-0.4, -0.2) is 51.4 Å². The molecule has 8 nitrogen and oxygen atoms in total. The number of nitrogens with zero attached hydrogens (tertiary/aromatic N) is 4. The lowest BCUT2D eigenvalue weighted by atomic mass is 9.99. The molecular weight excluding hydrogens is 512 g/mol. The Kier molecular flexibility index (Phi) is 8.80. The molecule has 0 bridgehead atoms. The number of aryl methyl sites for hydroxylation is 1. The van der Waals surface area contributed by atoms with Crippen LogP contribution in [0.15, 0.2) is 52.2 Å². The van der Waals surface area contributed by atoms with Crippen LogP contribution in [0.3, 0.4) is 0 Å². The van der Waals surface area contributed by atoms with Crippen molar-refractivity contribution in [2.45, 2.75) is 19.8 Å². The molecule has 34 heavy (non-hydrogen) atoms. The highest BCUT2D eigenvalue weighted by Crippen LogP contribution is 2.26. The number of allylic oxidation sites excluding steroid dienone is 1. The van der Waals surface area contributed by atoms with Gasteiger partial charge in [0.05, 0.1) is 35.9 Å². The van der Waals surface area contributed by atoms with E-state index in [1.165, 1.54) is 29.2 Å². The summed E-state index contributed by atoms with van der Waals surface area (Å²) >= 11 is 3.16. The highest BCUT2D eigenvalue weighted by molar-refractivity contribution is 9.10. The summed E-state index contributed by atoms with van der Waals surface area (Å²) in [6, 6.07) is 4.24. The van der Waals surface area contributed by atoms with E-state index in [1.54, 1.807) is 18.0 Å². The van der Waals surface area contributed by atoms with Gasteiger partial charge in [0.15, 0.2) is 12.4 Å². The van der Waals surface area contributed by atoms with E-state index in [1.807, 2.05) is 0 Å². The average molecular weight is 538 g/mol. The van der Waals surface area contributed by atoms with Crippen molar-refractivity contribution in [1.29, 1.82) is 0 Å². The van der Waals surface area contributed by atoms with E-state index in [9.17, 15) is 14.3 Å². The quantitative estimate of drug-likeness (QED) is 0.219. The minimum absolute atomic E-state index is 0.00607. The largest absolute Gasteiger partial charge is 0.516 e. The predicted molar refractivity (Wildman–Crippen MR) is 129 cm³/mol. The first kappa shape index (κ1) is 25.4. The number of imidazole rings is 1. The van der Waals surface area contributed by atoms with Crippen LogP contribution in [0.4, 0.5) is 14.5 Å². The molecule has 2 aromatic rings. The van der Waals surface area contributed by atoms with Crippen LogP contribution in [0, 0.1) is 11.7 Å². The van der Waals surface area contributed by atoms with Crippen molar-refractivity contribution < 1.29 is 23.5 Å². The Balaban J connectivity index is 1.74. The number of benzene rings is 1. The van der Waals surface area contributed by atoms with Gasteiger partial charge in [0, 0.05) is 24.6 Å². The maximum atomic E-state index is 15.4. The number of amides is 1. The molecule has 0 aliphatic carbocycles. The Labute approximate surface area is 204 Å². The van der Waals surface area contributed by atoms with Crippen molar-refractivity contribution in [1.82, 2.24) is 14.5 Å². The van der Waals surface area contributed by atoms with Crippen LogP contribution >= 0.6 is 15.9 Å². The molecule has 1 aromatic carbocycles. The summed E-state index contributed by atoms with van der Waals surface area (Å²) in [6.45, 7) is 3.33. The van der Waals surface area contributed by atoms with Crippen LogP contribution in [0.2, 0.25) is 0 Å². The van der Waals surface area contributed by atoms with E-state index in [0.29, 0.717) is 29.7 Å². The molecule has 0 spiro atoms. The number of anilines is 1. The van der Waals surface area contributed by atoms with Gasteiger partial charge in [-0.2, -0.15) is 0 Å². The van der Waals surface area contributed by atoms with Crippen molar-refractivity contribution >= 4 is 39.6 Å². The molecule has 3 rings (SSSR count). The van der Waals surface area contributed by atoms with Crippen LogP contribution in [0.25, 0.3) is 5.83 Å². The third-order valence-corrected chi connectivity index (χ3v) is 5.94. The normalized spacial score (nSPS) is 15.7. The fourth-order valence-corrected chi connectivity index (χ4v) is 3.73. The van der Waals surface area contributed by atoms with Gasteiger partial charge in [0.2, 0.25) is 0 Å². The molecular formula is C23H26BrF2N5O3. The number of rotatable bonds is 8. The SMILES string of the molecule is CC1CCN(C(=O)CO/N=C/c2c(/C(F)=C(\C=C\O)Nc3ccc(Br)cc3F)ncn2C)CC1. The molecule has 1 aliphatic heterocycles. The van der Waals surface area contributed by atoms with Gasteiger partial charge in [-0.25, -0.2) is 13.8 Å². The van der Waals surface area contributed by atoms with Crippen molar-refractivity contribution in [3.05, 3.63) is 64.2 Å². The van der Waals surface area contributed by atoms with Crippen molar-refractivity contribution in [2.75, 3.05) is 25.0 Å². The van der Waals surface area contributed by atoms with Crippen molar-refractivity contribution in [3.8, 4) is 0 Å². The van der Waals surface area contributed by atoms with E-state index < -0.39 is 11.6 Å². The highest BCUT2D eigenvalue weighted by Gasteiger charge is 2.21. The van der Waals surface area contributed by atoms with Gasteiger partial charge >= 0.3 is 0 Å². The number of nitrogens with one attached hydrogen (secondary N) is 1. The second kappa shape index (κ2) is 11.8. The molecule has 0 radical (unpaired) electrons.